The monoisotopic (exact) mass is 323 g/mol. The number of para-hydroxylation sites is 2. The highest BCUT2D eigenvalue weighted by atomic mass is 16.5. The Balaban J connectivity index is 1.71. The molecule has 0 aliphatic heterocycles. The first-order valence-electron chi connectivity index (χ1n) is 7.62. The Morgan fingerprint density at radius 2 is 1.88 bits per heavy atom. The van der Waals surface area contributed by atoms with Crippen LogP contribution in [0.25, 0.3) is 11.0 Å². The van der Waals surface area contributed by atoms with Crippen molar-refractivity contribution >= 4 is 16.9 Å². The van der Waals surface area contributed by atoms with E-state index in [0.717, 1.165) is 11.3 Å². The topological polar surface area (TPSA) is 68.5 Å². The first-order chi connectivity index (χ1) is 11.7. The van der Waals surface area contributed by atoms with E-state index in [2.05, 4.69) is 5.32 Å². The largest absolute Gasteiger partial charge is 0.496 e. The normalized spacial score (nSPS) is 10.5. The molecule has 0 bridgehead atoms. The van der Waals surface area contributed by atoms with E-state index in [0.29, 0.717) is 23.9 Å². The molecule has 3 rings (SSSR count). The van der Waals surface area contributed by atoms with Crippen molar-refractivity contribution < 1.29 is 13.9 Å². The molecule has 5 nitrogen and oxygen atoms in total. The molecule has 0 saturated carbocycles. The Morgan fingerprint density at radius 3 is 2.71 bits per heavy atom. The van der Waals surface area contributed by atoms with Crippen molar-refractivity contribution in [3.63, 3.8) is 0 Å². The zero-order valence-electron chi connectivity index (χ0n) is 13.2. The molecule has 1 aromatic heterocycles. The highest BCUT2D eigenvalue weighted by Crippen LogP contribution is 2.17. The van der Waals surface area contributed by atoms with Crippen LogP contribution in [0.4, 0.5) is 0 Å². The lowest BCUT2D eigenvalue weighted by atomic mass is 10.1. The third kappa shape index (κ3) is 3.30. The maximum atomic E-state index is 12.3. The Bertz CT molecular complexity index is 930. The first-order valence-corrected chi connectivity index (χ1v) is 7.62. The number of rotatable bonds is 5. The molecule has 0 atom stereocenters. The molecule has 0 radical (unpaired) electrons. The molecule has 0 saturated heterocycles. The van der Waals surface area contributed by atoms with Crippen molar-refractivity contribution in [3.05, 3.63) is 76.1 Å². The van der Waals surface area contributed by atoms with Gasteiger partial charge in [0, 0.05) is 11.9 Å². The van der Waals surface area contributed by atoms with Crippen molar-refractivity contribution in [2.45, 2.75) is 6.42 Å². The van der Waals surface area contributed by atoms with Crippen LogP contribution in [0.2, 0.25) is 0 Å². The predicted octanol–water partition coefficient (Wildman–Crippen LogP) is 2.77. The number of methoxy groups -OCH3 is 1. The minimum atomic E-state index is -0.636. The zero-order chi connectivity index (χ0) is 16.9. The van der Waals surface area contributed by atoms with Crippen molar-refractivity contribution in [1.29, 1.82) is 0 Å². The maximum Gasteiger partial charge on any atom is 0.349 e. The van der Waals surface area contributed by atoms with Crippen molar-refractivity contribution in [1.82, 2.24) is 5.32 Å². The minimum Gasteiger partial charge on any atom is -0.496 e. The SMILES string of the molecule is COc1ccccc1CCNC(=O)c1cc2ccccc2oc1=O. The summed E-state index contributed by atoms with van der Waals surface area (Å²) in [7, 11) is 1.61. The number of hydrogen-bond acceptors (Lipinski definition) is 4. The van der Waals surface area contributed by atoms with Gasteiger partial charge in [0.05, 0.1) is 7.11 Å². The number of fused-ring (bicyclic) bond motifs is 1. The summed E-state index contributed by atoms with van der Waals surface area (Å²) in [5.41, 5.74) is 0.830. The summed E-state index contributed by atoms with van der Waals surface area (Å²) < 4.78 is 10.5. The van der Waals surface area contributed by atoms with Gasteiger partial charge in [0.1, 0.15) is 16.9 Å². The molecule has 1 amide bonds. The molecule has 122 valence electrons. The van der Waals surface area contributed by atoms with Crippen molar-refractivity contribution in [2.75, 3.05) is 13.7 Å². The number of nitrogens with one attached hydrogen (secondary N) is 1. The van der Waals surface area contributed by atoms with Crippen LogP contribution in [-0.4, -0.2) is 19.6 Å². The standard InChI is InChI=1S/C19H17NO4/c1-23-16-8-4-2-6-13(16)10-11-20-18(21)15-12-14-7-3-5-9-17(14)24-19(15)22/h2-9,12H,10-11H2,1H3,(H,20,21). The minimum absolute atomic E-state index is 0.00808. The van der Waals surface area contributed by atoms with Crippen LogP contribution >= 0.6 is 0 Å². The van der Waals surface area contributed by atoms with Gasteiger partial charge in [0.15, 0.2) is 0 Å². The molecule has 0 spiro atoms. The Kier molecular flexibility index (Phi) is 4.61. The maximum absolute atomic E-state index is 12.3. The number of benzene rings is 2. The Hall–Kier alpha value is -3.08. The smallest absolute Gasteiger partial charge is 0.349 e. The van der Waals surface area contributed by atoms with Gasteiger partial charge in [0.2, 0.25) is 0 Å². The second-order valence-electron chi connectivity index (χ2n) is 5.30. The second kappa shape index (κ2) is 7.00. The van der Waals surface area contributed by atoms with Crippen LogP contribution in [0.15, 0.2) is 63.8 Å². The van der Waals surface area contributed by atoms with Crippen LogP contribution in [0, 0.1) is 0 Å². The molecule has 0 aliphatic rings. The fraction of sp³-hybridized carbons (Fsp3) is 0.158. The number of ether oxygens (including phenoxy) is 1. The van der Waals surface area contributed by atoms with Gasteiger partial charge in [-0.3, -0.25) is 4.79 Å². The average Bonchev–Trinajstić information content (AvgIpc) is 2.61. The van der Waals surface area contributed by atoms with Crippen LogP contribution in [0.3, 0.4) is 0 Å². The van der Waals surface area contributed by atoms with Crippen LogP contribution < -0.4 is 15.7 Å². The third-order valence-corrected chi connectivity index (χ3v) is 3.76. The number of hydrogen-bond donors (Lipinski definition) is 1. The fourth-order valence-corrected chi connectivity index (χ4v) is 2.54. The molecule has 0 unspecified atom stereocenters. The van der Waals surface area contributed by atoms with Gasteiger partial charge in [0.25, 0.3) is 5.91 Å². The van der Waals surface area contributed by atoms with Gasteiger partial charge in [-0.1, -0.05) is 36.4 Å². The lowest BCUT2D eigenvalue weighted by Gasteiger charge is -2.09. The van der Waals surface area contributed by atoms with Gasteiger partial charge < -0.3 is 14.5 Å². The van der Waals surface area contributed by atoms with E-state index in [9.17, 15) is 9.59 Å². The highest BCUT2D eigenvalue weighted by Gasteiger charge is 2.13. The summed E-state index contributed by atoms with van der Waals surface area (Å²) >= 11 is 0. The lowest BCUT2D eigenvalue weighted by molar-refractivity contribution is 0.0950. The number of carbonyl (C=O) groups is 1. The fourth-order valence-electron chi connectivity index (χ4n) is 2.54. The summed E-state index contributed by atoms with van der Waals surface area (Å²) in [4.78, 5) is 24.2. The van der Waals surface area contributed by atoms with Crippen molar-refractivity contribution in [3.8, 4) is 5.75 Å². The molecule has 5 heteroatoms. The van der Waals surface area contributed by atoms with E-state index in [4.69, 9.17) is 9.15 Å². The van der Waals surface area contributed by atoms with E-state index in [-0.39, 0.29) is 5.56 Å². The third-order valence-electron chi connectivity index (χ3n) is 3.76. The van der Waals surface area contributed by atoms with Crippen molar-refractivity contribution in [2.24, 2.45) is 0 Å². The summed E-state index contributed by atoms with van der Waals surface area (Å²) in [6.45, 7) is 0.394. The van der Waals surface area contributed by atoms with Crippen LogP contribution in [0.1, 0.15) is 15.9 Å². The molecule has 3 aromatic rings. The zero-order valence-corrected chi connectivity index (χ0v) is 13.2. The van der Waals surface area contributed by atoms with Gasteiger partial charge >= 0.3 is 5.63 Å². The van der Waals surface area contributed by atoms with Crippen LogP contribution in [0.5, 0.6) is 5.75 Å². The summed E-state index contributed by atoms with van der Waals surface area (Å²) in [6, 6.07) is 16.3. The molecule has 0 fully saturated rings. The Labute approximate surface area is 138 Å². The second-order valence-corrected chi connectivity index (χ2v) is 5.30. The van der Waals surface area contributed by atoms with Gasteiger partial charge in [-0.25, -0.2) is 4.79 Å². The average molecular weight is 323 g/mol. The molecule has 24 heavy (non-hydrogen) atoms. The van der Waals surface area contributed by atoms with Gasteiger partial charge in [-0.05, 0) is 30.2 Å². The molecule has 1 heterocycles. The molecule has 2 aromatic carbocycles. The summed E-state index contributed by atoms with van der Waals surface area (Å²) in [5, 5.41) is 3.46. The first kappa shape index (κ1) is 15.8. The van der Waals surface area contributed by atoms with E-state index < -0.39 is 11.5 Å². The van der Waals surface area contributed by atoms with Crippen LogP contribution in [-0.2, 0) is 6.42 Å². The van der Waals surface area contributed by atoms with E-state index in [1.54, 1.807) is 31.4 Å². The molecule has 1 N–H and O–H groups in total. The molecule has 0 aliphatic carbocycles. The number of carbonyl (C=O) groups excluding carboxylic acids is 1. The summed E-state index contributed by atoms with van der Waals surface area (Å²) in [6.07, 6.45) is 0.606. The number of amides is 1. The quantitative estimate of drug-likeness (QED) is 0.733. The lowest BCUT2D eigenvalue weighted by Crippen LogP contribution is -2.29. The molecular formula is C19H17NO4. The van der Waals surface area contributed by atoms with E-state index in [1.165, 1.54) is 0 Å². The Morgan fingerprint density at radius 1 is 1.12 bits per heavy atom. The predicted molar refractivity (Wildman–Crippen MR) is 91.5 cm³/mol. The summed E-state index contributed by atoms with van der Waals surface area (Å²) in [5.74, 6) is 0.335. The highest BCUT2D eigenvalue weighted by molar-refractivity contribution is 5.96. The van der Waals surface area contributed by atoms with E-state index in [1.807, 2.05) is 30.3 Å². The van der Waals surface area contributed by atoms with Gasteiger partial charge in [-0.2, -0.15) is 0 Å². The van der Waals surface area contributed by atoms with Gasteiger partial charge in [-0.15, -0.1) is 0 Å². The van der Waals surface area contributed by atoms with E-state index >= 15 is 0 Å². The molecular weight excluding hydrogens is 306 g/mol.